The fraction of sp³-hybridized carbons (Fsp3) is 0.143. The third kappa shape index (κ3) is 1.70. The highest BCUT2D eigenvalue weighted by molar-refractivity contribution is 6.32. The minimum atomic E-state index is -0.305. The summed E-state index contributed by atoms with van der Waals surface area (Å²) < 4.78 is 0. The molecule has 0 heterocycles. The number of halogens is 2. The van der Waals surface area contributed by atoms with Gasteiger partial charge in [0.25, 0.3) is 0 Å². The number of hydrogen-bond donors (Lipinski definition) is 2. The standard InChI is InChI=1S/C7H6Cl2O2/c8-3-4-1-5(9)7(11)6(10)2-4/h1-2,10-11H,3H2. The van der Waals surface area contributed by atoms with Gasteiger partial charge >= 0.3 is 0 Å². The van der Waals surface area contributed by atoms with Crippen molar-refractivity contribution in [1.82, 2.24) is 0 Å². The van der Waals surface area contributed by atoms with E-state index in [-0.39, 0.29) is 22.4 Å². The Balaban J connectivity index is 3.21. The second kappa shape index (κ2) is 3.20. The van der Waals surface area contributed by atoms with Gasteiger partial charge in [0.1, 0.15) is 0 Å². The number of phenols is 2. The first-order valence-corrected chi connectivity index (χ1v) is 3.82. The van der Waals surface area contributed by atoms with Gasteiger partial charge in [0, 0.05) is 5.88 Å². The van der Waals surface area contributed by atoms with Crippen LogP contribution in [0.5, 0.6) is 11.5 Å². The van der Waals surface area contributed by atoms with Crippen molar-refractivity contribution in [2.45, 2.75) is 5.88 Å². The predicted molar refractivity (Wildman–Crippen MR) is 44.3 cm³/mol. The lowest BCUT2D eigenvalue weighted by Crippen LogP contribution is -1.78. The van der Waals surface area contributed by atoms with Gasteiger partial charge in [-0.25, -0.2) is 0 Å². The van der Waals surface area contributed by atoms with Crippen LogP contribution in [0.15, 0.2) is 12.1 Å². The summed E-state index contributed by atoms with van der Waals surface area (Å²) in [6.45, 7) is 0. The molecule has 0 aliphatic rings. The van der Waals surface area contributed by atoms with E-state index >= 15 is 0 Å². The SMILES string of the molecule is Oc1cc(CCl)cc(Cl)c1O. The normalized spacial score (nSPS) is 10.0. The molecule has 0 spiro atoms. The molecule has 0 amide bonds. The average Bonchev–Trinajstić information content (AvgIpc) is 1.99. The van der Waals surface area contributed by atoms with Gasteiger partial charge in [-0.05, 0) is 17.7 Å². The van der Waals surface area contributed by atoms with E-state index in [0.29, 0.717) is 5.56 Å². The lowest BCUT2D eigenvalue weighted by atomic mass is 10.2. The van der Waals surface area contributed by atoms with Crippen molar-refractivity contribution in [2.75, 3.05) is 0 Å². The van der Waals surface area contributed by atoms with Crippen LogP contribution in [0.2, 0.25) is 5.02 Å². The third-order valence-corrected chi connectivity index (χ3v) is 1.85. The summed E-state index contributed by atoms with van der Waals surface area (Å²) in [6, 6.07) is 2.87. The Hall–Kier alpha value is -0.600. The smallest absolute Gasteiger partial charge is 0.176 e. The molecule has 0 aliphatic carbocycles. The number of aromatic hydroxyl groups is 2. The van der Waals surface area contributed by atoms with Crippen LogP contribution in [0.1, 0.15) is 5.56 Å². The fourth-order valence-corrected chi connectivity index (χ4v) is 1.11. The molecule has 2 N–H and O–H groups in total. The Labute approximate surface area is 74.0 Å². The van der Waals surface area contributed by atoms with E-state index in [1.54, 1.807) is 0 Å². The summed E-state index contributed by atoms with van der Waals surface area (Å²) in [5.41, 5.74) is 0.673. The molecule has 0 saturated heterocycles. The molecule has 60 valence electrons. The molecule has 11 heavy (non-hydrogen) atoms. The molecule has 0 fully saturated rings. The van der Waals surface area contributed by atoms with Crippen molar-refractivity contribution in [3.05, 3.63) is 22.7 Å². The predicted octanol–water partition coefficient (Wildman–Crippen LogP) is 2.49. The number of alkyl halides is 1. The molecular formula is C7H6Cl2O2. The monoisotopic (exact) mass is 192 g/mol. The molecule has 0 unspecified atom stereocenters. The summed E-state index contributed by atoms with van der Waals surface area (Å²) in [7, 11) is 0. The zero-order valence-electron chi connectivity index (χ0n) is 5.51. The third-order valence-electron chi connectivity index (χ3n) is 1.26. The summed E-state index contributed by atoms with van der Waals surface area (Å²) in [6.07, 6.45) is 0. The number of phenolic OH excluding ortho intramolecular Hbond substituents is 2. The molecule has 1 aromatic rings. The summed E-state index contributed by atoms with van der Waals surface area (Å²) in [5, 5.41) is 18.1. The van der Waals surface area contributed by atoms with Crippen molar-refractivity contribution < 1.29 is 10.2 Å². The van der Waals surface area contributed by atoms with Crippen LogP contribution in [0, 0.1) is 0 Å². The Morgan fingerprint density at radius 2 is 1.91 bits per heavy atom. The molecule has 0 radical (unpaired) electrons. The minimum absolute atomic E-state index is 0.112. The maximum Gasteiger partial charge on any atom is 0.176 e. The molecule has 0 aliphatic heterocycles. The highest BCUT2D eigenvalue weighted by atomic mass is 35.5. The van der Waals surface area contributed by atoms with E-state index in [9.17, 15) is 0 Å². The first-order valence-electron chi connectivity index (χ1n) is 2.91. The highest BCUT2D eigenvalue weighted by Gasteiger charge is 2.05. The van der Waals surface area contributed by atoms with Crippen molar-refractivity contribution >= 4 is 23.2 Å². The van der Waals surface area contributed by atoms with Crippen LogP contribution in [0.25, 0.3) is 0 Å². The van der Waals surface area contributed by atoms with Crippen molar-refractivity contribution in [2.24, 2.45) is 0 Å². The minimum Gasteiger partial charge on any atom is -0.504 e. The van der Waals surface area contributed by atoms with Gasteiger partial charge < -0.3 is 10.2 Å². The molecule has 2 nitrogen and oxygen atoms in total. The molecule has 1 rings (SSSR count). The second-order valence-electron chi connectivity index (χ2n) is 2.08. The molecule has 0 bridgehead atoms. The molecule has 0 atom stereocenters. The lowest BCUT2D eigenvalue weighted by molar-refractivity contribution is 0.403. The van der Waals surface area contributed by atoms with E-state index in [2.05, 4.69) is 0 Å². The fourth-order valence-electron chi connectivity index (χ4n) is 0.716. The zero-order valence-corrected chi connectivity index (χ0v) is 7.02. The largest absolute Gasteiger partial charge is 0.504 e. The molecule has 0 saturated carbocycles. The Bertz CT molecular complexity index is 250. The van der Waals surface area contributed by atoms with Gasteiger partial charge in [0.2, 0.25) is 0 Å². The summed E-state index contributed by atoms with van der Waals surface area (Å²) >= 11 is 11.0. The van der Waals surface area contributed by atoms with Gasteiger partial charge in [-0.3, -0.25) is 0 Å². The zero-order chi connectivity index (χ0) is 8.43. The first-order chi connectivity index (χ1) is 5.15. The van der Waals surface area contributed by atoms with Crippen LogP contribution in [0.4, 0.5) is 0 Å². The number of hydrogen-bond acceptors (Lipinski definition) is 2. The van der Waals surface area contributed by atoms with Crippen LogP contribution in [-0.2, 0) is 5.88 Å². The van der Waals surface area contributed by atoms with Crippen molar-refractivity contribution in [3.8, 4) is 11.5 Å². The van der Waals surface area contributed by atoms with Crippen LogP contribution in [-0.4, -0.2) is 10.2 Å². The number of rotatable bonds is 1. The van der Waals surface area contributed by atoms with Gasteiger partial charge in [-0.2, -0.15) is 0 Å². The van der Waals surface area contributed by atoms with Gasteiger partial charge in [0.15, 0.2) is 11.5 Å². The van der Waals surface area contributed by atoms with E-state index in [1.807, 2.05) is 0 Å². The van der Waals surface area contributed by atoms with Crippen molar-refractivity contribution in [3.63, 3.8) is 0 Å². The maximum absolute atomic E-state index is 9.02. The Morgan fingerprint density at radius 1 is 1.27 bits per heavy atom. The average molecular weight is 193 g/mol. The lowest BCUT2D eigenvalue weighted by Gasteiger charge is -2.01. The number of benzene rings is 1. The summed E-state index contributed by atoms with van der Waals surface area (Å²) in [4.78, 5) is 0. The van der Waals surface area contributed by atoms with E-state index < -0.39 is 0 Å². The second-order valence-corrected chi connectivity index (χ2v) is 2.75. The van der Waals surface area contributed by atoms with E-state index in [4.69, 9.17) is 33.4 Å². The van der Waals surface area contributed by atoms with Crippen molar-refractivity contribution in [1.29, 1.82) is 0 Å². The topological polar surface area (TPSA) is 40.5 Å². The Kier molecular flexibility index (Phi) is 2.47. The first kappa shape index (κ1) is 8.50. The molecule has 1 aromatic carbocycles. The quantitative estimate of drug-likeness (QED) is 0.531. The molecular weight excluding hydrogens is 187 g/mol. The van der Waals surface area contributed by atoms with E-state index in [0.717, 1.165) is 0 Å². The maximum atomic E-state index is 9.02. The Morgan fingerprint density at radius 3 is 2.36 bits per heavy atom. The van der Waals surface area contributed by atoms with Crippen LogP contribution >= 0.6 is 23.2 Å². The highest BCUT2D eigenvalue weighted by Crippen LogP contribution is 2.34. The summed E-state index contributed by atoms with van der Waals surface area (Å²) in [5.74, 6) is -0.290. The van der Waals surface area contributed by atoms with E-state index in [1.165, 1.54) is 12.1 Å². The van der Waals surface area contributed by atoms with Gasteiger partial charge in [-0.1, -0.05) is 11.6 Å². The van der Waals surface area contributed by atoms with Gasteiger partial charge in [0.05, 0.1) is 5.02 Å². The van der Waals surface area contributed by atoms with Gasteiger partial charge in [-0.15, -0.1) is 11.6 Å². The molecule has 4 heteroatoms. The van der Waals surface area contributed by atoms with Crippen LogP contribution in [0.3, 0.4) is 0 Å². The van der Waals surface area contributed by atoms with Crippen LogP contribution < -0.4 is 0 Å². The molecule has 0 aromatic heterocycles.